The van der Waals surface area contributed by atoms with Crippen LogP contribution in [0.2, 0.25) is 0 Å². The summed E-state index contributed by atoms with van der Waals surface area (Å²) < 4.78 is 12.1. The fourth-order valence-corrected chi connectivity index (χ4v) is 4.73. The lowest BCUT2D eigenvalue weighted by atomic mass is 9.95. The second kappa shape index (κ2) is 11.3. The summed E-state index contributed by atoms with van der Waals surface area (Å²) in [5.41, 5.74) is 1.37. The van der Waals surface area contributed by atoms with Crippen LogP contribution in [0.3, 0.4) is 0 Å². The van der Waals surface area contributed by atoms with Crippen molar-refractivity contribution < 1.29 is 4.21 Å². The van der Waals surface area contributed by atoms with Gasteiger partial charge in [0, 0.05) is 40.9 Å². The topological polar surface area (TPSA) is 53.5 Å². The highest BCUT2D eigenvalue weighted by atomic mass is 32.2. The van der Waals surface area contributed by atoms with Gasteiger partial charge in [0.1, 0.15) is 0 Å². The van der Waals surface area contributed by atoms with E-state index in [9.17, 15) is 4.21 Å². The van der Waals surface area contributed by atoms with E-state index in [0.29, 0.717) is 11.3 Å². The fourth-order valence-electron chi connectivity index (χ4n) is 3.38. The van der Waals surface area contributed by atoms with Gasteiger partial charge in [-0.05, 0) is 44.6 Å². The molecule has 1 aromatic rings. The van der Waals surface area contributed by atoms with Crippen molar-refractivity contribution in [1.29, 1.82) is 0 Å². The van der Waals surface area contributed by atoms with Gasteiger partial charge in [-0.1, -0.05) is 43.7 Å². The van der Waals surface area contributed by atoms with Gasteiger partial charge in [-0.3, -0.25) is 9.20 Å². The molecule has 0 radical (unpaired) electrons. The van der Waals surface area contributed by atoms with E-state index in [1.54, 1.807) is 0 Å². The first-order valence-corrected chi connectivity index (χ1v) is 11.1. The number of guanidine groups is 1. The first kappa shape index (κ1) is 20.0. The third kappa shape index (κ3) is 7.18. The number of nitrogens with one attached hydrogen (secondary N) is 2. The molecule has 3 unspecified atom stereocenters. The van der Waals surface area contributed by atoms with Gasteiger partial charge >= 0.3 is 0 Å². The van der Waals surface area contributed by atoms with Crippen molar-refractivity contribution in [3.05, 3.63) is 35.9 Å². The summed E-state index contributed by atoms with van der Waals surface area (Å²) in [5, 5.41) is 7.26. The van der Waals surface area contributed by atoms with Gasteiger partial charge in [0.25, 0.3) is 0 Å². The van der Waals surface area contributed by atoms with E-state index in [1.807, 2.05) is 6.92 Å². The summed E-state index contributed by atoms with van der Waals surface area (Å²) in [6.07, 6.45) is 6.50. The van der Waals surface area contributed by atoms with Crippen molar-refractivity contribution >= 4 is 16.8 Å². The van der Waals surface area contributed by atoms with Crippen molar-refractivity contribution in [2.24, 2.45) is 4.99 Å². The average molecular weight is 364 g/mol. The molecule has 0 amide bonds. The Kier molecular flexibility index (Phi) is 9.02. The standard InChI is InChI=1S/C20H33N3OS/c1-3-21-20(22-15-9-12-17-10-6-5-7-11-17)23-18-13-8-14-19(16-18)25(24)4-2/h5-7,10-11,18-19H,3-4,8-9,12-16H2,1-2H3,(H2,21,22,23). The lowest BCUT2D eigenvalue weighted by Gasteiger charge is -2.30. The molecule has 1 aromatic carbocycles. The van der Waals surface area contributed by atoms with Crippen LogP contribution in [0.25, 0.3) is 0 Å². The first-order valence-electron chi connectivity index (χ1n) is 9.68. The van der Waals surface area contributed by atoms with Crippen molar-refractivity contribution in [2.45, 2.75) is 63.7 Å². The second-order valence-electron chi connectivity index (χ2n) is 6.65. The Bertz CT molecular complexity index is 547. The van der Waals surface area contributed by atoms with Gasteiger partial charge in [-0.25, -0.2) is 0 Å². The Morgan fingerprint density at radius 2 is 2.04 bits per heavy atom. The van der Waals surface area contributed by atoms with Crippen LogP contribution >= 0.6 is 0 Å². The molecule has 1 fully saturated rings. The van der Waals surface area contributed by atoms with Crippen LogP contribution in [0, 0.1) is 0 Å². The molecule has 0 bridgehead atoms. The molecule has 0 aromatic heterocycles. The summed E-state index contributed by atoms with van der Waals surface area (Å²) in [4.78, 5) is 4.73. The van der Waals surface area contributed by atoms with Crippen molar-refractivity contribution in [3.8, 4) is 0 Å². The molecule has 0 aliphatic heterocycles. The number of hydrogen-bond donors (Lipinski definition) is 2. The van der Waals surface area contributed by atoms with Crippen molar-refractivity contribution in [1.82, 2.24) is 10.6 Å². The van der Waals surface area contributed by atoms with Gasteiger partial charge in [0.15, 0.2) is 5.96 Å². The highest BCUT2D eigenvalue weighted by Gasteiger charge is 2.25. The first-order chi connectivity index (χ1) is 12.2. The van der Waals surface area contributed by atoms with E-state index in [4.69, 9.17) is 4.99 Å². The molecular weight excluding hydrogens is 330 g/mol. The normalized spacial score (nSPS) is 22.4. The number of aliphatic imine (C=N–C) groups is 1. The lowest BCUT2D eigenvalue weighted by molar-refractivity contribution is 0.413. The van der Waals surface area contributed by atoms with E-state index < -0.39 is 10.8 Å². The predicted octanol–water partition coefficient (Wildman–Crippen LogP) is 3.25. The molecule has 0 saturated heterocycles. The minimum Gasteiger partial charge on any atom is -0.357 e. The van der Waals surface area contributed by atoms with Gasteiger partial charge in [0.05, 0.1) is 0 Å². The molecule has 140 valence electrons. The molecule has 1 saturated carbocycles. The van der Waals surface area contributed by atoms with Gasteiger partial charge in [0.2, 0.25) is 0 Å². The molecular formula is C20H33N3OS. The Hall–Kier alpha value is -1.36. The Morgan fingerprint density at radius 3 is 2.76 bits per heavy atom. The van der Waals surface area contributed by atoms with Gasteiger partial charge < -0.3 is 10.6 Å². The van der Waals surface area contributed by atoms with Crippen LogP contribution in [0.1, 0.15) is 51.5 Å². The highest BCUT2D eigenvalue weighted by molar-refractivity contribution is 7.85. The minimum absolute atomic E-state index is 0.345. The zero-order valence-electron chi connectivity index (χ0n) is 15.7. The van der Waals surface area contributed by atoms with Crippen LogP contribution in [-0.2, 0) is 17.2 Å². The maximum absolute atomic E-state index is 12.1. The number of rotatable bonds is 8. The molecule has 0 heterocycles. The summed E-state index contributed by atoms with van der Waals surface area (Å²) in [7, 11) is -0.681. The third-order valence-corrected chi connectivity index (χ3v) is 6.44. The van der Waals surface area contributed by atoms with E-state index in [1.165, 1.54) is 5.56 Å². The molecule has 1 aliphatic carbocycles. The molecule has 0 spiro atoms. The van der Waals surface area contributed by atoms with Gasteiger partial charge in [-0.15, -0.1) is 0 Å². The molecule has 2 N–H and O–H groups in total. The minimum atomic E-state index is -0.681. The number of nitrogens with zero attached hydrogens (tertiary/aromatic N) is 1. The average Bonchev–Trinajstić information content (AvgIpc) is 2.65. The Labute approximate surface area is 155 Å². The van der Waals surface area contributed by atoms with Crippen molar-refractivity contribution in [3.63, 3.8) is 0 Å². The summed E-state index contributed by atoms with van der Waals surface area (Å²) in [6, 6.07) is 11.0. The molecule has 3 atom stereocenters. The lowest BCUT2D eigenvalue weighted by Crippen LogP contribution is -2.46. The zero-order chi connectivity index (χ0) is 17.9. The molecule has 4 nitrogen and oxygen atoms in total. The maximum Gasteiger partial charge on any atom is 0.191 e. The number of aryl methyl sites for hydroxylation is 1. The van der Waals surface area contributed by atoms with Gasteiger partial charge in [-0.2, -0.15) is 0 Å². The zero-order valence-corrected chi connectivity index (χ0v) is 16.5. The summed E-state index contributed by atoms with van der Waals surface area (Å²) in [5.74, 6) is 1.67. The molecule has 2 rings (SSSR count). The number of hydrogen-bond acceptors (Lipinski definition) is 2. The largest absolute Gasteiger partial charge is 0.357 e. The van der Waals surface area contributed by atoms with Crippen LogP contribution < -0.4 is 10.6 Å². The molecule has 25 heavy (non-hydrogen) atoms. The Morgan fingerprint density at radius 1 is 1.24 bits per heavy atom. The predicted molar refractivity (Wildman–Crippen MR) is 109 cm³/mol. The number of benzene rings is 1. The van der Waals surface area contributed by atoms with Crippen LogP contribution in [0.15, 0.2) is 35.3 Å². The van der Waals surface area contributed by atoms with E-state index in [2.05, 4.69) is 47.9 Å². The third-order valence-electron chi connectivity index (χ3n) is 4.70. The van der Waals surface area contributed by atoms with Crippen molar-refractivity contribution in [2.75, 3.05) is 18.8 Å². The maximum atomic E-state index is 12.1. The second-order valence-corrected chi connectivity index (χ2v) is 8.65. The quantitative estimate of drug-likeness (QED) is 0.423. The smallest absolute Gasteiger partial charge is 0.191 e. The van der Waals surface area contributed by atoms with Crippen LogP contribution in [-0.4, -0.2) is 40.3 Å². The van der Waals surface area contributed by atoms with Crippen LogP contribution in [0.4, 0.5) is 0 Å². The van der Waals surface area contributed by atoms with E-state index in [-0.39, 0.29) is 0 Å². The highest BCUT2D eigenvalue weighted by Crippen LogP contribution is 2.22. The van der Waals surface area contributed by atoms with E-state index >= 15 is 0 Å². The SMILES string of the molecule is CCNC(=NCCCc1ccccc1)NC1CCCC(S(=O)CC)C1. The van der Waals surface area contributed by atoms with E-state index in [0.717, 1.165) is 63.3 Å². The molecule has 5 heteroatoms. The van der Waals surface area contributed by atoms with Crippen LogP contribution in [0.5, 0.6) is 0 Å². The summed E-state index contributed by atoms with van der Waals surface area (Å²) in [6.45, 7) is 5.80. The monoisotopic (exact) mass is 363 g/mol. The Balaban J connectivity index is 1.81. The molecule has 1 aliphatic rings. The fraction of sp³-hybridized carbons (Fsp3) is 0.650. The summed E-state index contributed by atoms with van der Waals surface area (Å²) >= 11 is 0.